The van der Waals surface area contributed by atoms with Crippen molar-refractivity contribution in [2.45, 2.75) is 32.7 Å². The fourth-order valence-electron chi connectivity index (χ4n) is 4.63. The van der Waals surface area contributed by atoms with Gasteiger partial charge in [-0.1, -0.05) is 30.7 Å². The molecule has 0 N–H and O–H groups in total. The highest BCUT2D eigenvalue weighted by molar-refractivity contribution is 9.10. The number of nitrogens with zero attached hydrogens (tertiary/aromatic N) is 2. The Morgan fingerprint density at radius 3 is 2.25 bits per heavy atom. The van der Waals surface area contributed by atoms with Crippen LogP contribution in [0.15, 0.2) is 55.9 Å². The maximum atomic E-state index is 14.0. The Morgan fingerprint density at radius 1 is 1.02 bits per heavy atom. The van der Waals surface area contributed by atoms with Crippen LogP contribution in [0, 0.1) is 0 Å². The summed E-state index contributed by atoms with van der Waals surface area (Å²) in [6, 6.07) is 8.30. The summed E-state index contributed by atoms with van der Waals surface area (Å²) in [4.78, 5) is 32.7. The number of allylic oxidation sites excluding steroid dienone is 1. The zero-order valence-corrected chi connectivity index (χ0v) is 25.6. The number of methoxy groups -OCH3 is 4. The standard InChI is InChI=1S/C29H31BrN2O7S/c1-7-9-19-24(28(34)39-8-2)25(17-10-11-20(35-3)18(30)15-17)32-27(33)23(40-29(32)31-19)14-16-12-21(36-4)26(38-6)22(13-16)37-5/h10-15,25H,7-9H2,1-6H3/b23-14-/t25-/m0/s1. The van der Waals surface area contributed by atoms with Crippen LogP contribution in [0.4, 0.5) is 0 Å². The number of aromatic nitrogens is 1. The summed E-state index contributed by atoms with van der Waals surface area (Å²) in [6.45, 7) is 3.97. The normalized spacial score (nSPS) is 14.9. The Hall–Kier alpha value is -3.57. The molecule has 0 amide bonds. The first-order valence-electron chi connectivity index (χ1n) is 12.7. The first-order valence-corrected chi connectivity index (χ1v) is 14.3. The second-order valence-corrected chi connectivity index (χ2v) is 10.6. The Bertz CT molecular complexity index is 1620. The van der Waals surface area contributed by atoms with Gasteiger partial charge in [-0.2, -0.15) is 0 Å². The zero-order chi connectivity index (χ0) is 29.0. The molecule has 2 heterocycles. The van der Waals surface area contributed by atoms with Gasteiger partial charge in [0.1, 0.15) is 5.75 Å². The fourth-order valence-corrected chi connectivity index (χ4v) is 6.20. The Morgan fingerprint density at radius 2 is 1.70 bits per heavy atom. The largest absolute Gasteiger partial charge is 0.496 e. The molecule has 0 saturated carbocycles. The number of carbonyl (C=O) groups is 1. The Labute approximate surface area is 244 Å². The predicted octanol–water partition coefficient (Wildman–Crippen LogP) is 4.38. The van der Waals surface area contributed by atoms with Crippen LogP contribution >= 0.6 is 27.3 Å². The summed E-state index contributed by atoms with van der Waals surface area (Å²) in [5, 5.41) is 0. The average Bonchev–Trinajstić information content (AvgIpc) is 3.25. The van der Waals surface area contributed by atoms with Gasteiger partial charge in [-0.15, -0.1) is 0 Å². The lowest BCUT2D eigenvalue weighted by molar-refractivity contribution is -0.139. The maximum absolute atomic E-state index is 14.0. The molecule has 1 aliphatic heterocycles. The number of benzene rings is 2. The summed E-state index contributed by atoms with van der Waals surface area (Å²) in [7, 11) is 6.18. The predicted molar refractivity (Wildman–Crippen MR) is 156 cm³/mol. The Kier molecular flexibility index (Phi) is 9.36. The molecular formula is C29H31BrN2O7S. The SMILES string of the molecule is CCCC1=C(C(=O)OCC)[C@H](c2ccc(OC)c(Br)c2)n2c(s/c(=C\c3cc(OC)c(OC)c(OC)c3)c2=O)=N1. The highest BCUT2D eigenvalue weighted by Gasteiger charge is 2.34. The number of fused-ring (bicyclic) bond motifs is 1. The van der Waals surface area contributed by atoms with E-state index < -0.39 is 12.0 Å². The number of esters is 1. The summed E-state index contributed by atoms with van der Waals surface area (Å²) in [5.74, 6) is 1.53. The molecule has 212 valence electrons. The molecule has 3 aromatic rings. The van der Waals surface area contributed by atoms with Crippen LogP contribution in [0.3, 0.4) is 0 Å². The average molecular weight is 632 g/mol. The molecule has 0 aliphatic carbocycles. The third-order valence-corrected chi connectivity index (χ3v) is 7.97. The van der Waals surface area contributed by atoms with Crippen molar-refractivity contribution in [2.75, 3.05) is 35.0 Å². The van der Waals surface area contributed by atoms with Crippen molar-refractivity contribution in [1.29, 1.82) is 0 Å². The van der Waals surface area contributed by atoms with Crippen molar-refractivity contribution in [1.82, 2.24) is 4.57 Å². The van der Waals surface area contributed by atoms with E-state index in [0.717, 1.165) is 12.0 Å². The van der Waals surface area contributed by atoms with Gasteiger partial charge in [0, 0.05) is 0 Å². The van der Waals surface area contributed by atoms with E-state index in [0.29, 0.717) is 60.1 Å². The molecule has 0 spiro atoms. The van der Waals surface area contributed by atoms with Gasteiger partial charge >= 0.3 is 5.97 Å². The van der Waals surface area contributed by atoms with Crippen LogP contribution in [0.25, 0.3) is 6.08 Å². The van der Waals surface area contributed by atoms with Crippen molar-refractivity contribution in [3.05, 3.63) is 76.9 Å². The second kappa shape index (κ2) is 12.7. The van der Waals surface area contributed by atoms with Crippen molar-refractivity contribution in [2.24, 2.45) is 4.99 Å². The van der Waals surface area contributed by atoms with Gasteiger partial charge in [0.05, 0.1) is 61.4 Å². The lowest BCUT2D eigenvalue weighted by Crippen LogP contribution is -2.40. The van der Waals surface area contributed by atoms with E-state index in [-0.39, 0.29) is 12.2 Å². The molecule has 0 saturated heterocycles. The lowest BCUT2D eigenvalue weighted by Gasteiger charge is -2.26. The quantitative estimate of drug-likeness (QED) is 0.307. The first kappa shape index (κ1) is 29.4. The fraction of sp³-hybridized carbons (Fsp3) is 0.345. The van der Waals surface area contributed by atoms with Gasteiger partial charge in [0.15, 0.2) is 16.3 Å². The number of carbonyl (C=O) groups excluding carboxylic acids is 1. The molecule has 4 rings (SSSR count). The van der Waals surface area contributed by atoms with Crippen LogP contribution in [-0.4, -0.2) is 45.6 Å². The van der Waals surface area contributed by atoms with Crippen molar-refractivity contribution < 1.29 is 28.5 Å². The molecule has 1 atom stereocenters. The van der Waals surface area contributed by atoms with Gasteiger partial charge in [-0.3, -0.25) is 9.36 Å². The Balaban J connectivity index is 2.00. The molecule has 0 radical (unpaired) electrons. The number of hydrogen-bond acceptors (Lipinski definition) is 9. The van der Waals surface area contributed by atoms with E-state index in [1.807, 2.05) is 19.1 Å². The molecule has 9 nitrogen and oxygen atoms in total. The second-order valence-electron chi connectivity index (χ2n) is 8.77. The van der Waals surface area contributed by atoms with Crippen molar-refractivity contribution in [3.63, 3.8) is 0 Å². The van der Waals surface area contributed by atoms with Gasteiger partial charge in [-0.25, -0.2) is 9.79 Å². The first-order chi connectivity index (χ1) is 19.3. The summed E-state index contributed by atoms with van der Waals surface area (Å²) >= 11 is 4.80. The minimum Gasteiger partial charge on any atom is -0.496 e. The van der Waals surface area contributed by atoms with Crippen molar-refractivity contribution in [3.8, 4) is 23.0 Å². The van der Waals surface area contributed by atoms with Gasteiger partial charge < -0.3 is 23.7 Å². The monoisotopic (exact) mass is 630 g/mol. The van der Waals surface area contributed by atoms with Crippen molar-refractivity contribution >= 4 is 39.3 Å². The van der Waals surface area contributed by atoms with Crippen LogP contribution in [0.5, 0.6) is 23.0 Å². The molecule has 40 heavy (non-hydrogen) atoms. The van der Waals surface area contributed by atoms with E-state index in [9.17, 15) is 9.59 Å². The van der Waals surface area contributed by atoms with Crippen LogP contribution in [0.2, 0.25) is 0 Å². The topological polar surface area (TPSA) is 97.6 Å². The van der Waals surface area contributed by atoms with Crippen LogP contribution in [0.1, 0.15) is 43.9 Å². The summed E-state index contributed by atoms with van der Waals surface area (Å²) < 4.78 is 30.0. The summed E-state index contributed by atoms with van der Waals surface area (Å²) in [6.07, 6.45) is 3.07. The van der Waals surface area contributed by atoms with Crippen LogP contribution < -0.4 is 33.8 Å². The van der Waals surface area contributed by atoms with Crippen LogP contribution in [-0.2, 0) is 9.53 Å². The zero-order valence-electron chi connectivity index (χ0n) is 23.2. The molecular weight excluding hydrogens is 600 g/mol. The lowest BCUT2D eigenvalue weighted by atomic mass is 9.94. The van der Waals surface area contributed by atoms with E-state index in [2.05, 4.69) is 15.9 Å². The molecule has 1 aliphatic rings. The number of hydrogen-bond donors (Lipinski definition) is 0. The number of rotatable bonds is 10. The number of ether oxygens (including phenoxy) is 5. The van der Waals surface area contributed by atoms with E-state index in [4.69, 9.17) is 28.7 Å². The van der Waals surface area contributed by atoms with Gasteiger partial charge in [0.25, 0.3) is 5.56 Å². The summed E-state index contributed by atoms with van der Waals surface area (Å²) in [5.41, 5.74) is 2.08. The minimum absolute atomic E-state index is 0.201. The van der Waals surface area contributed by atoms with Gasteiger partial charge in [-0.05, 0) is 70.7 Å². The molecule has 0 fully saturated rings. The highest BCUT2D eigenvalue weighted by Crippen LogP contribution is 2.39. The molecule has 11 heteroatoms. The van der Waals surface area contributed by atoms with E-state index >= 15 is 0 Å². The third kappa shape index (κ3) is 5.53. The number of halogens is 1. The van der Waals surface area contributed by atoms with Gasteiger partial charge in [0.2, 0.25) is 5.75 Å². The molecule has 0 unspecified atom stereocenters. The maximum Gasteiger partial charge on any atom is 0.338 e. The molecule has 0 bridgehead atoms. The minimum atomic E-state index is -0.735. The third-order valence-electron chi connectivity index (χ3n) is 6.37. The van der Waals surface area contributed by atoms with E-state index in [1.165, 1.54) is 32.7 Å². The highest BCUT2D eigenvalue weighted by atomic mass is 79.9. The molecule has 2 aromatic carbocycles. The molecule has 1 aromatic heterocycles. The smallest absolute Gasteiger partial charge is 0.338 e. The number of thiazole rings is 1. The van der Waals surface area contributed by atoms with E-state index in [1.54, 1.807) is 42.9 Å².